The smallest absolute Gasteiger partial charge is 0.299 e. The lowest BCUT2D eigenvalue weighted by Gasteiger charge is -2.17. The summed E-state index contributed by atoms with van der Waals surface area (Å²) in [5.74, 6) is 0.267. The second-order valence-electron chi connectivity index (χ2n) is 4.95. The number of hydrogen-bond acceptors (Lipinski definition) is 3. The van der Waals surface area contributed by atoms with Crippen LogP contribution in [0.25, 0.3) is 0 Å². The maximum atomic E-state index is 11.9. The average Bonchev–Trinajstić information content (AvgIpc) is 2.36. The van der Waals surface area contributed by atoms with Crippen LogP contribution in [0.5, 0.6) is 0 Å². The molecule has 1 rings (SSSR count). The first-order valence-electron chi connectivity index (χ1n) is 6.39. The van der Waals surface area contributed by atoms with Crippen LogP contribution in [0, 0.1) is 5.92 Å². The third kappa shape index (κ3) is 5.18. The Morgan fingerprint density at radius 2 is 1.79 bits per heavy atom. The summed E-state index contributed by atoms with van der Waals surface area (Å²) in [6, 6.07) is 7.44. The molecule has 6 heteroatoms. The van der Waals surface area contributed by atoms with Gasteiger partial charge >= 0.3 is 0 Å². The largest absolute Gasteiger partial charge is 0.313 e. The van der Waals surface area contributed by atoms with E-state index in [4.69, 9.17) is 0 Å². The highest BCUT2D eigenvalue weighted by Gasteiger charge is 2.14. The van der Waals surface area contributed by atoms with Gasteiger partial charge in [-0.3, -0.25) is 4.72 Å². The van der Waals surface area contributed by atoms with Gasteiger partial charge in [-0.25, -0.2) is 0 Å². The molecule has 1 aromatic carbocycles. The molecule has 1 aromatic rings. The minimum Gasteiger partial charge on any atom is -0.313 e. The number of rotatable bonds is 7. The van der Waals surface area contributed by atoms with Gasteiger partial charge in [0.2, 0.25) is 0 Å². The van der Waals surface area contributed by atoms with Gasteiger partial charge in [-0.1, -0.05) is 32.0 Å². The van der Waals surface area contributed by atoms with E-state index in [0.29, 0.717) is 12.2 Å². The zero-order valence-corrected chi connectivity index (χ0v) is 12.7. The maximum Gasteiger partial charge on any atom is 0.299 e. The first kappa shape index (κ1) is 15.9. The van der Waals surface area contributed by atoms with Crippen molar-refractivity contribution in [1.82, 2.24) is 10.0 Å². The lowest BCUT2D eigenvalue weighted by molar-refractivity contribution is 0.564. The summed E-state index contributed by atoms with van der Waals surface area (Å²) in [4.78, 5) is 0. The highest BCUT2D eigenvalue weighted by atomic mass is 32.2. The van der Waals surface area contributed by atoms with Gasteiger partial charge in [-0.15, -0.1) is 0 Å². The highest BCUT2D eigenvalue weighted by Crippen LogP contribution is 2.22. The van der Waals surface area contributed by atoms with E-state index in [1.54, 1.807) is 6.07 Å². The lowest BCUT2D eigenvalue weighted by Crippen LogP contribution is -2.33. The van der Waals surface area contributed by atoms with Crippen LogP contribution in [0.3, 0.4) is 0 Å². The Hall–Kier alpha value is -1.11. The van der Waals surface area contributed by atoms with Crippen LogP contribution in [-0.4, -0.2) is 22.0 Å². The molecule has 0 bridgehead atoms. The van der Waals surface area contributed by atoms with E-state index in [2.05, 4.69) is 14.8 Å². The van der Waals surface area contributed by atoms with E-state index < -0.39 is 10.2 Å². The van der Waals surface area contributed by atoms with E-state index in [0.717, 1.165) is 5.56 Å². The van der Waals surface area contributed by atoms with E-state index in [9.17, 15) is 8.42 Å². The summed E-state index contributed by atoms with van der Waals surface area (Å²) in [6.07, 6.45) is 0. The number of nitrogens with one attached hydrogen (secondary N) is 3. The van der Waals surface area contributed by atoms with Crippen molar-refractivity contribution in [3.05, 3.63) is 29.8 Å². The Morgan fingerprint density at radius 3 is 2.37 bits per heavy atom. The number of para-hydroxylation sites is 1. The zero-order chi connectivity index (χ0) is 14.5. The Labute approximate surface area is 116 Å². The first-order valence-corrected chi connectivity index (χ1v) is 7.87. The van der Waals surface area contributed by atoms with Crippen LogP contribution in [-0.2, 0) is 10.2 Å². The maximum absolute atomic E-state index is 11.9. The molecule has 3 N–H and O–H groups in total. The molecular weight excluding hydrogens is 262 g/mol. The topological polar surface area (TPSA) is 70.2 Å². The molecule has 19 heavy (non-hydrogen) atoms. The molecule has 108 valence electrons. The molecule has 5 nitrogen and oxygen atoms in total. The molecule has 0 fully saturated rings. The molecule has 0 aliphatic heterocycles. The third-order valence-corrected chi connectivity index (χ3v) is 3.82. The van der Waals surface area contributed by atoms with Gasteiger partial charge < -0.3 is 5.32 Å². The van der Waals surface area contributed by atoms with Crippen molar-refractivity contribution >= 4 is 15.9 Å². The summed E-state index contributed by atoms with van der Waals surface area (Å²) in [5.41, 5.74) is 1.51. The van der Waals surface area contributed by atoms with Crippen molar-refractivity contribution in [3.8, 4) is 0 Å². The van der Waals surface area contributed by atoms with Gasteiger partial charge in [0, 0.05) is 12.6 Å². The van der Waals surface area contributed by atoms with E-state index in [1.807, 2.05) is 46.0 Å². The Bertz CT molecular complexity index is 500. The monoisotopic (exact) mass is 285 g/mol. The van der Waals surface area contributed by atoms with E-state index in [-0.39, 0.29) is 12.0 Å². The fraction of sp³-hybridized carbons (Fsp3) is 0.538. The average molecular weight is 285 g/mol. The quantitative estimate of drug-likeness (QED) is 0.716. The van der Waals surface area contributed by atoms with Crippen LogP contribution in [0.2, 0.25) is 0 Å². The van der Waals surface area contributed by atoms with Crippen molar-refractivity contribution in [3.63, 3.8) is 0 Å². The molecule has 1 atom stereocenters. The molecule has 0 heterocycles. The van der Waals surface area contributed by atoms with Crippen molar-refractivity contribution in [2.24, 2.45) is 5.92 Å². The fourth-order valence-corrected chi connectivity index (χ4v) is 2.68. The van der Waals surface area contributed by atoms with Gasteiger partial charge in [0.15, 0.2) is 0 Å². The third-order valence-electron chi connectivity index (χ3n) is 2.79. The fourth-order valence-electron chi connectivity index (χ4n) is 1.58. The lowest BCUT2D eigenvalue weighted by atomic mass is 10.1. The second-order valence-corrected chi connectivity index (χ2v) is 6.45. The van der Waals surface area contributed by atoms with Gasteiger partial charge in [0.05, 0.1) is 5.69 Å². The molecule has 0 amide bonds. The van der Waals surface area contributed by atoms with Gasteiger partial charge in [-0.2, -0.15) is 13.1 Å². The van der Waals surface area contributed by atoms with Gasteiger partial charge in [-0.05, 0) is 31.5 Å². The van der Waals surface area contributed by atoms with Crippen LogP contribution in [0.15, 0.2) is 24.3 Å². The molecule has 0 saturated heterocycles. The molecule has 1 unspecified atom stereocenters. The predicted octanol–water partition coefficient (Wildman–Crippen LogP) is 1.87. The van der Waals surface area contributed by atoms with Crippen molar-refractivity contribution in [1.29, 1.82) is 0 Å². The minimum absolute atomic E-state index is 0.0731. The van der Waals surface area contributed by atoms with Crippen molar-refractivity contribution < 1.29 is 8.42 Å². The highest BCUT2D eigenvalue weighted by molar-refractivity contribution is 7.90. The summed E-state index contributed by atoms with van der Waals surface area (Å²) < 4.78 is 29.0. The van der Waals surface area contributed by atoms with Crippen LogP contribution in [0.1, 0.15) is 32.4 Å². The van der Waals surface area contributed by atoms with E-state index in [1.165, 1.54) is 0 Å². The minimum atomic E-state index is -3.52. The molecular formula is C13H23N3O2S. The Balaban J connectivity index is 2.87. The second kappa shape index (κ2) is 6.88. The predicted molar refractivity (Wildman–Crippen MR) is 79.3 cm³/mol. The number of anilines is 1. The summed E-state index contributed by atoms with van der Waals surface area (Å²) >= 11 is 0. The molecule has 0 radical (unpaired) electrons. The Kier molecular flexibility index (Phi) is 5.78. The van der Waals surface area contributed by atoms with Crippen LogP contribution >= 0.6 is 0 Å². The first-order chi connectivity index (χ1) is 8.85. The van der Waals surface area contributed by atoms with Gasteiger partial charge in [0.1, 0.15) is 0 Å². The number of benzene rings is 1. The molecule has 0 aliphatic carbocycles. The molecule has 0 spiro atoms. The zero-order valence-electron chi connectivity index (χ0n) is 11.9. The van der Waals surface area contributed by atoms with Crippen LogP contribution in [0.4, 0.5) is 5.69 Å². The SMILES string of the molecule is CNC(C)c1ccccc1NS(=O)(=O)NCC(C)C. The van der Waals surface area contributed by atoms with Crippen molar-refractivity contribution in [2.45, 2.75) is 26.8 Å². The van der Waals surface area contributed by atoms with Crippen LogP contribution < -0.4 is 14.8 Å². The summed E-state index contributed by atoms with van der Waals surface area (Å²) in [5, 5.41) is 3.10. The van der Waals surface area contributed by atoms with Gasteiger partial charge in [0.25, 0.3) is 10.2 Å². The summed E-state index contributed by atoms with van der Waals surface area (Å²) in [6.45, 7) is 6.31. The normalized spacial score (nSPS) is 13.5. The molecule has 0 aliphatic rings. The van der Waals surface area contributed by atoms with Crippen molar-refractivity contribution in [2.75, 3.05) is 18.3 Å². The number of hydrogen-bond donors (Lipinski definition) is 3. The molecule has 0 saturated carbocycles. The Morgan fingerprint density at radius 1 is 1.16 bits per heavy atom. The standard InChI is InChI=1S/C13H23N3O2S/c1-10(2)9-15-19(17,18)16-13-8-6-5-7-12(13)11(3)14-4/h5-8,10-11,14-16H,9H2,1-4H3. The van der Waals surface area contributed by atoms with E-state index >= 15 is 0 Å². The molecule has 0 aromatic heterocycles. The summed E-state index contributed by atoms with van der Waals surface area (Å²) in [7, 11) is -1.68.